The van der Waals surface area contributed by atoms with Crippen molar-refractivity contribution in [2.75, 3.05) is 36.1 Å². The van der Waals surface area contributed by atoms with Crippen molar-refractivity contribution in [2.24, 2.45) is 0 Å². The number of carbonyl (C=O) groups is 2. The first-order chi connectivity index (χ1) is 18.8. The largest absolute Gasteiger partial charge is 0.459 e. The highest BCUT2D eigenvalue weighted by Gasteiger charge is 2.38. The molecule has 0 spiro atoms. The van der Waals surface area contributed by atoms with Crippen LogP contribution in [0.1, 0.15) is 53.4 Å². The molecule has 206 valence electrons. The van der Waals surface area contributed by atoms with Crippen LogP contribution in [0.3, 0.4) is 0 Å². The van der Waals surface area contributed by atoms with Gasteiger partial charge in [-0.05, 0) is 60.9 Å². The summed E-state index contributed by atoms with van der Waals surface area (Å²) >= 11 is 0. The van der Waals surface area contributed by atoms with Crippen LogP contribution in [-0.2, 0) is 15.7 Å². The Morgan fingerprint density at radius 1 is 0.974 bits per heavy atom. The number of morpholine rings is 1. The van der Waals surface area contributed by atoms with E-state index in [1.165, 1.54) is 30.5 Å². The van der Waals surface area contributed by atoms with Gasteiger partial charge in [-0.3, -0.25) is 14.5 Å². The van der Waals surface area contributed by atoms with E-state index in [9.17, 15) is 22.8 Å². The molecule has 1 saturated carbocycles. The zero-order valence-corrected chi connectivity index (χ0v) is 21.3. The van der Waals surface area contributed by atoms with E-state index < -0.39 is 29.6 Å². The fraction of sp³-hybridized carbons (Fsp3) is 0.379. The third-order valence-electron chi connectivity index (χ3n) is 7.20. The Hall–Kier alpha value is -3.79. The van der Waals surface area contributed by atoms with Crippen LogP contribution in [0.4, 0.5) is 24.5 Å². The third-order valence-corrected chi connectivity index (χ3v) is 7.20. The molecule has 10 heteroatoms. The Balaban J connectivity index is 1.58. The maximum Gasteiger partial charge on any atom is 0.416 e. The lowest BCUT2D eigenvalue weighted by Gasteiger charge is -2.33. The SMILES string of the molecule is O=C(NC1CCCC1)[C@H](c1ccc(N2CCOCC2)cc1)N(C(=O)c1ccco1)c1cccc(C(F)(F)F)c1. The minimum atomic E-state index is -4.63. The highest BCUT2D eigenvalue weighted by Crippen LogP contribution is 2.36. The number of ether oxygens (including phenoxy) is 1. The van der Waals surface area contributed by atoms with Crippen LogP contribution in [0.5, 0.6) is 0 Å². The Morgan fingerprint density at radius 3 is 2.33 bits per heavy atom. The van der Waals surface area contributed by atoms with E-state index in [1.54, 1.807) is 12.1 Å². The van der Waals surface area contributed by atoms with Crippen molar-refractivity contribution < 1.29 is 31.9 Å². The van der Waals surface area contributed by atoms with Crippen LogP contribution in [0.25, 0.3) is 0 Å². The van der Waals surface area contributed by atoms with Crippen LogP contribution >= 0.6 is 0 Å². The van der Waals surface area contributed by atoms with Crippen LogP contribution in [0.15, 0.2) is 71.3 Å². The number of halogens is 3. The predicted molar refractivity (Wildman–Crippen MR) is 140 cm³/mol. The van der Waals surface area contributed by atoms with E-state index in [0.29, 0.717) is 18.8 Å². The molecule has 0 unspecified atom stereocenters. The quantitative estimate of drug-likeness (QED) is 0.423. The molecule has 1 N–H and O–H groups in total. The standard InChI is InChI=1S/C29H30F3N3O4/c30-29(31,32)21-5-3-8-24(19-21)35(28(37)25-9-4-16-39-25)26(27(36)33-22-6-1-2-7-22)20-10-12-23(13-11-20)34-14-17-38-18-15-34/h3-5,8-13,16,19,22,26H,1-2,6-7,14-15,17-18H2,(H,33,36)/t26-/m0/s1. The van der Waals surface area contributed by atoms with Gasteiger partial charge in [0.15, 0.2) is 5.76 Å². The lowest BCUT2D eigenvalue weighted by Crippen LogP contribution is -2.46. The Morgan fingerprint density at radius 2 is 1.69 bits per heavy atom. The van der Waals surface area contributed by atoms with Crippen molar-refractivity contribution in [2.45, 2.75) is 43.9 Å². The number of amides is 2. The lowest BCUT2D eigenvalue weighted by molar-refractivity contribution is -0.137. The van der Waals surface area contributed by atoms with Crippen LogP contribution in [0.2, 0.25) is 0 Å². The second-order valence-corrected chi connectivity index (χ2v) is 9.78. The van der Waals surface area contributed by atoms with Crippen LogP contribution in [0, 0.1) is 0 Å². The van der Waals surface area contributed by atoms with Crippen molar-refractivity contribution >= 4 is 23.2 Å². The monoisotopic (exact) mass is 541 g/mol. The molecule has 0 radical (unpaired) electrons. The first-order valence-corrected chi connectivity index (χ1v) is 13.1. The fourth-order valence-electron chi connectivity index (χ4n) is 5.19. The summed E-state index contributed by atoms with van der Waals surface area (Å²) in [6, 6.07) is 13.3. The van der Waals surface area contributed by atoms with E-state index in [0.717, 1.165) is 61.5 Å². The molecule has 39 heavy (non-hydrogen) atoms. The molecule has 7 nitrogen and oxygen atoms in total. The smallest absolute Gasteiger partial charge is 0.416 e. The highest BCUT2D eigenvalue weighted by molar-refractivity contribution is 6.08. The Labute approximate surface area is 224 Å². The number of rotatable bonds is 7. The number of furan rings is 1. The summed E-state index contributed by atoms with van der Waals surface area (Å²) in [4.78, 5) is 30.9. The minimum absolute atomic E-state index is 0.0601. The summed E-state index contributed by atoms with van der Waals surface area (Å²) < 4.78 is 51.8. The second kappa shape index (κ2) is 11.5. The van der Waals surface area contributed by atoms with Gasteiger partial charge in [0.25, 0.3) is 5.91 Å². The zero-order valence-electron chi connectivity index (χ0n) is 21.3. The van der Waals surface area contributed by atoms with Gasteiger partial charge >= 0.3 is 6.18 Å². The van der Waals surface area contributed by atoms with Gasteiger partial charge in [0.1, 0.15) is 6.04 Å². The number of hydrogen-bond donors (Lipinski definition) is 1. The molecule has 1 atom stereocenters. The molecule has 2 fully saturated rings. The molecule has 2 heterocycles. The summed E-state index contributed by atoms with van der Waals surface area (Å²) in [5, 5.41) is 3.04. The molecule has 1 aliphatic carbocycles. The minimum Gasteiger partial charge on any atom is -0.459 e. The number of anilines is 2. The number of nitrogens with one attached hydrogen (secondary N) is 1. The first-order valence-electron chi connectivity index (χ1n) is 13.1. The van der Waals surface area contributed by atoms with Gasteiger partial charge < -0.3 is 19.4 Å². The summed E-state index contributed by atoms with van der Waals surface area (Å²) in [6.07, 6.45) is 0.256. The molecular weight excluding hydrogens is 511 g/mol. The Kier molecular flexibility index (Phi) is 7.92. The molecule has 5 rings (SSSR count). The topological polar surface area (TPSA) is 75.0 Å². The van der Waals surface area contributed by atoms with Gasteiger partial charge in [-0.2, -0.15) is 13.2 Å². The molecule has 1 aromatic heterocycles. The van der Waals surface area contributed by atoms with Gasteiger partial charge in [0.2, 0.25) is 5.91 Å². The molecule has 0 bridgehead atoms. The molecule has 2 amide bonds. The number of nitrogens with zero attached hydrogens (tertiary/aromatic N) is 2. The first kappa shape index (κ1) is 26.8. The lowest BCUT2D eigenvalue weighted by atomic mass is 10.0. The predicted octanol–water partition coefficient (Wildman–Crippen LogP) is 5.58. The molecule has 1 aliphatic heterocycles. The van der Waals surface area contributed by atoms with E-state index in [1.807, 2.05) is 12.1 Å². The highest BCUT2D eigenvalue weighted by atomic mass is 19.4. The van der Waals surface area contributed by atoms with Gasteiger partial charge in [0, 0.05) is 30.5 Å². The zero-order chi connectivity index (χ0) is 27.4. The van der Waals surface area contributed by atoms with Gasteiger partial charge in [0.05, 0.1) is 25.0 Å². The molecule has 3 aromatic rings. The average Bonchev–Trinajstić information content (AvgIpc) is 3.67. The summed E-state index contributed by atoms with van der Waals surface area (Å²) in [5.41, 5.74) is 0.421. The third kappa shape index (κ3) is 6.11. The summed E-state index contributed by atoms with van der Waals surface area (Å²) in [5.74, 6) is -1.27. The summed E-state index contributed by atoms with van der Waals surface area (Å²) in [7, 11) is 0. The number of hydrogen-bond acceptors (Lipinski definition) is 5. The van der Waals surface area contributed by atoms with Crippen molar-refractivity contribution in [3.8, 4) is 0 Å². The van der Waals surface area contributed by atoms with Crippen LogP contribution < -0.4 is 15.1 Å². The number of benzene rings is 2. The van der Waals surface area contributed by atoms with E-state index in [2.05, 4.69) is 10.2 Å². The molecule has 1 saturated heterocycles. The van der Waals surface area contributed by atoms with E-state index in [4.69, 9.17) is 9.15 Å². The average molecular weight is 542 g/mol. The maximum absolute atomic E-state index is 13.9. The van der Waals surface area contributed by atoms with Crippen molar-refractivity contribution in [3.63, 3.8) is 0 Å². The molecular formula is C29H30F3N3O4. The normalized spacial score (nSPS) is 17.2. The second-order valence-electron chi connectivity index (χ2n) is 9.78. The van der Waals surface area contributed by atoms with E-state index >= 15 is 0 Å². The van der Waals surface area contributed by atoms with Gasteiger partial charge in [-0.1, -0.05) is 31.0 Å². The molecule has 2 aromatic carbocycles. The van der Waals surface area contributed by atoms with Gasteiger partial charge in [-0.15, -0.1) is 0 Å². The van der Waals surface area contributed by atoms with Gasteiger partial charge in [-0.25, -0.2) is 0 Å². The van der Waals surface area contributed by atoms with Crippen LogP contribution in [-0.4, -0.2) is 44.2 Å². The summed E-state index contributed by atoms with van der Waals surface area (Å²) in [6.45, 7) is 2.65. The van der Waals surface area contributed by atoms with E-state index in [-0.39, 0.29) is 17.5 Å². The number of carbonyl (C=O) groups excluding carboxylic acids is 2. The maximum atomic E-state index is 13.9. The van der Waals surface area contributed by atoms with Crippen molar-refractivity contribution in [1.82, 2.24) is 5.32 Å². The Bertz CT molecular complexity index is 1270. The fourth-order valence-corrected chi connectivity index (χ4v) is 5.19. The number of alkyl halides is 3. The van der Waals surface area contributed by atoms with Crippen molar-refractivity contribution in [1.29, 1.82) is 0 Å². The molecule has 2 aliphatic rings. The van der Waals surface area contributed by atoms with Crippen molar-refractivity contribution in [3.05, 3.63) is 83.8 Å².